The van der Waals surface area contributed by atoms with Gasteiger partial charge in [-0.1, -0.05) is 36.4 Å². The van der Waals surface area contributed by atoms with Crippen LogP contribution in [-0.4, -0.2) is 44.0 Å². The van der Waals surface area contributed by atoms with E-state index in [1.807, 2.05) is 30.3 Å². The van der Waals surface area contributed by atoms with Crippen LogP contribution in [0.4, 0.5) is 0 Å². The summed E-state index contributed by atoms with van der Waals surface area (Å²) >= 11 is 0. The van der Waals surface area contributed by atoms with Gasteiger partial charge in [-0.25, -0.2) is 0 Å². The van der Waals surface area contributed by atoms with Crippen LogP contribution in [0.1, 0.15) is 34.8 Å². The summed E-state index contributed by atoms with van der Waals surface area (Å²) in [5, 5.41) is 2.89. The van der Waals surface area contributed by atoms with Crippen LogP contribution >= 0.6 is 0 Å². The highest BCUT2D eigenvalue weighted by Crippen LogP contribution is 2.29. The van der Waals surface area contributed by atoms with Crippen molar-refractivity contribution >= 4 is 11.8 Å². The Labute approximate surface area is 159 Å². The van der Waals surface area contributed by atoms with Crippen LogP contribution in [-0.2, 0) is 4.79 Å². The van der Waals surface area contributed by atoms with E-state index in [1.54, 1.807) is 23.1 Å². The molecule has 27 heavy (non-hydrogen) atoms. The number of nitrogens with zero attached hydrogens (tertiary/aromatic N) is 1. The highest BCUT2D eigenvalue weighted by Gasteiger charge is 2.30. The summed E-state index contributed by atoms with van der Waals surface area (Å²) in [6.45, 7) is 1.44. The smallest absolute Gasteiger partial charge is 0.259 e. The van der Waals surface area contributed by atoms with Gasteiger partial charge in [-0.3, -0.25) is 9.59 Å². The summed E-state index contributed by atoms with van der Waals surface area (Å²) in [4.78, 5) is 27.9. The lowest BCUT2D eigenvalue weighted by molar-refractivity contribution is -0.132. The van der Waals surface area contributed by atoms with Crippen molar-refractivity contribution in [2.24, 2.45) is 0 Å². The van der Waals surface area contributed by atoms with E-state index < -0.39 is 11.9 Å². The Bertz CT molecular complexity index is 779. The zero-order valence-electron chi connectivity index (χ0n) is 15.6. The fourth-order valence-corrected chi connectivity index (χ4v) is 3.33. The monoisotopic (exact) mass is 368 g/mol. The molecule has 0 bridgehead atoms. The van der Waals surface area contributed by atoms with E-state index in [4.69, 9.17) is 9.47 Å². The standard InChI is InChI=1S/C21H24N2O4/c1-26-16-11-8-12-17(27-2)18(16)20(24)22-19(15-9-4-3-5-10-15)21(25)23-13-6-7-14-23/h3-5,8-12,19H,6-7,13-14H2,1-2H3,(H,22,24)/t19-/m0/s1. The molecule has 2 aromatic carbocycles. The lowest BCUT2D eigenvalue weighted by Crippen LogP contribution is -2.42. The molecule has 2 aromatic rings. The second-order valence-electron chi connectivity index (χ2n) is 6.39. The number of carbonyl (C=O) groups excluding carboxylic acids is 2. The summed E-state index contributed by atoms with van der Waals surface area (Å²) in [5.74, 6) is 0.284. The molecular formula is C21H24N2O4. The average molecular weight is 368 g/mol. The number of likely N-dealkylation sites (tertiary alicyclic amines) is 1. The Hall–Kier alpha value is -3.02. The first-order chi connectivity index (χ1) is 13.2. The van der Waals surface area contributed by atoms with E-state index in [9.17, 15) is 9.59 Å². The highest BCUT2D eigenvalue weighted by molar-refractivity contribution is 6.02. The summed E-state index contributed by atoms with van der Waals surface area (Å²) in [6.07, 6.45) is 1.98. The lowest BCUT2D eigenvalue weighted by Gasteiger charge is -2.25. The number of hydrogen-bond donors (Lipinski definition) is 1. The molecule has 0 aliphatic carbocycles. The summed E-state index contributed by atoms with van der Waals surface area (Å²) in [7, 11) is 2.99. The van der Waals surface area contributed by atoms with Crippen LogP contribution in [0, 0.1) is 0 Å². The van der Waals surface area contributed by atoms with Crippen molar-refractivity contribution in [1.82, 2.24) is 10.2 Å². The van der Waals surface area contributed by atoms with Gasteiger partial charge in [0.25, 0.3) is 5.91 Å². The normalized spacial score (nSPS) is 14.5. The van der Waals surface area contributed by atoms with Gasteiger partial charge in [0.2, 0.25) is 5.91 Å². The number of rotatable bonds is 6. The molecule has 1 atom stereocenters. The molecule has 3 rings (SSSR count). The average Bonchev–Trinajstić information content (AvgIpc) is 3.26. The summed E-state index contributed by atoms with van der Waals surface area (Å²) in [6, 6.07) is 13.7. The Kier molecular flexibility index (Phi) is 5.96. The van der Waals surface area contributed by atoms with Crippen LogP contribution in [0.25, 0.3) is 0 Å². The number of carbonyl (C=O) groups is 2. The second kappa shape index (κ2) is 8.58. The second-order valence-corrected chi connectivity index (χ2v) is 6.39. The maximum Gasteiger partial charge on any atom is 0.259 e. The Morgan fingerprint density at radius 1 is 0.926 bits per heavy atom. The minimum atomic E-state index is -0.758. The van der Waals surface area contributed by atoms with Gasteiger partial charge in [-0.15, -0.1) is 0 Å². The van der Waals surface area contributed by atoms with Gasteiger partial charge >= 0.3 is 0 Å². The molecule has 1 fully saturated rings. The summed E-state index contributed by atoms with van der Waals surface area (Å²) in [5.41, 5.74) is 1.02. The van der Waals surface area contributed by atoms with Crippen molar-refractivity contribution < 1.29 is 19.1 Å². The molecule has 142 valence electrons. The predicted molar refractivity (Wildman–Crippen MR) is 102 cm³/mol. The SMILES string of the molecule is COc1cccc(OC)c1C(=O)N[C@H](C(=O)N1CCCC1)c1ccccc1. The predicted octanol–water partition coefficient (Wildman–Crippen LogP) is 2.80. The van der Waals surface area contributed by atoms with Crippen LogP contribution in [0.15, 0.2) is 48.5 Å². The molecule has 0 saturated carbocycles. The van der Waals surface area contributed by atoms with Crippen molar-refractivity contribution in [3.8, 4) is 11.5 Å². The zero-order chi connectivity index (χ0) is 19.2. The van der Waals surface area contributed by atoms with Crippen molar-refractivity contribution in [1.29, 1.82) is 0 Å². The lowest BCUT2D eigenvalue weighted by atomic mass is 10.0. The Morgan fingerprint density at radius 2 is 1.52 bits per heavy atom. The number of benzene rings is 2. The van der Waals surface area contributed by atoms with Gasteiger partial charge < -0.3 is 19.7 Å². The molecule has 6 nitrogen and oxygen atoms in total. The molecule has 0 spiro atoms. The number of nitrogens with one attached hydrogen (secondary N) is 1. The first kappa shape index (κ1) is 18.8. The first-order valence-electron chi connectivity index (χ1n) is 9.01. The molecule has 0 aromatic heterocycles. The molecule has 1 aliphatic rings. The van der Waals surface area contributed by atoms with Crippen molar-refractivity contribution in [3.05, 3.63) is 59.7 Å². The van der Waals surface area contributed by atoms with Crippen LogP contribution in [0.3, 0.4) is 0 Å². The molecular weight excluding hydrogens is 344 g/mol. The number of ether oxygens (including phenoxy) is 2. The molecule has 1 N–H and O–H groups in total. The minimum Gasteiger partial charge on any atom is -0.496 e. The fourth-order valence-electron chi connectivity index (χ4n) is 3.33. The molecule has 1 heterocycles. The van der Waals surface area contributed by atoms with Gasteiger partial charge in [0.1, 0.15) is 23.1 Å². The van der Waals surface area contributed by atoms with Crippen LogP contribution < -0.4 is 14.8 Å². The molecule has 6 heteroatoms. The zero-order valence-corrected chi connectivity index (χ0v) is 15.6. The van der Waals surface area contributed by atoms with Crippen LogP contribution in [0.2, 0.25) is 0 Å². The Balaban J connectivity index is 1.93. The summed E-state index contributed by atoms with van der Waals surface area (Å²) < 4.78 is 10.6. The topological polar surface area (TPSA) is 67.9 Å². The van der Waals surface area contributed by atoms with E-state index in [0.717, 1.165) is 31.5 Å². The maximum absolute atomic E-state index is 13.1. The van der Waals surface area contributed by atoms with Crippen molar-refractivity contribution in [3.63, 3.8) is 0 Å². The van der Waals surface area contributed by atoms with Crippen molar-refractivity contribution in [2.45, 2.75) is 18.9 Å². The fraction of sp³-hybridized carbons (Fsp3) is 0.333. The maximum atomic E-state index is 13.1. The molecule has 2 amide bonds. The van der Waals surface area contributed by atoms with E-state index in [0.29, 0.717) is 11.5 Å². The van der Waals surface area contributed by atoms with Gasteiger partial charge in [-0.05, 0) is 30.5 Å². The number of amides is 2. The third-order valence-corrected chi connectivity index (χ3v) is 4.73. The van der Waals surface area contributed by atoms with Crippen molar-refractivity contribution in [2.75, 3.05) is 27.3 Å². The third-order valence-electron chi connectivity index (χ3n) is 4.73. The first-order valence-corrected chi connectivity index (χ1v) is 9.01. The molecule has 0 unspecified atom stereocenters. The van der Waals surface area contributed by atoms with E-state index in [-0.39, 0.29) is 11.5 Å². The quantitative estimate of drug-likeness (QED) is 0.851. The van der Waals surface area contributed by atoms with Gasteiger partial charge in [0, 0.05) is 13.1 Å². The van der Waals surface area contributed by atoms with Crippen LogP contribution in [0.5, 0.6) is 11.5 Å². The number of methoxy groups -OCH3 is 2. The van der Waals surface area contributed by atoms with Gasteiger partial charge in [0.05, 0.1) is 14.2 Å². The van der Waals surface area contributed by atoms with E-state index in [2.05, 4.69) is 5.32 Å². The van der Waals surface area contributed by atoms with E-state index in [1.165, 1.54) is 14.2 Å². The van der Waals surface area contributed by atoms with E-state index >= 15 is 0 Å². The Morgan fingerprint density at radius 3 is 2.07 bits per heavy atom. The molecule has 1 saturated heterocycles. The van der Waals surface area contributed by atoms with Gasteiger partial charge in [0.15, 0.2) is 0 Å². The highest BCUT2D eigenvalue weighted by atomic mass is 16.5. The molecule has 1 aliphatic heterocycles. The number of hydrogen-bond acceptors (Lipinski definition) is 4. The van der Waals surface area contributed by atoms with Gasteiger partial charge in [-0.2, -0.15) is 0 Å². The largest absolute Gasteiger partial charge is 0.496 e. The third kappa shape index (κ3) is 4.05. The minimum absolute atomic E-state index is 0.0964. The molecule has 0 radical (unpaired) electrons.